The van der Waals surface area contributed by atoms with Crippen molar-refractivity contribution < 1.29 is 4.79 Å². The standard InChI is InChI=1S/C19H20ClN3OS/c1-12-7-9-23(10-8-12)18(24)16-11-15-17(21-22(2)19(15)25-16)13-3-5-14(20)6-4-13/h3-6,11-12H,7-10H2,1-2H3. The molecular weight excluding hydrogens is 354 g/mol. The Morgan fingerprint density at radius 2 is 1.92 bits per heavy atom. The summed E-state index contributed by atoms with van der Waals surface area (Å²) in [4.78, 5) is 16.7. The average Bonchev–Trinajstić information content (AvgIpc) is 3.17. The van der Waals surface area contributed by atoms with Crippen LogP contribution in [0.5, 0.6) is 0 Å². The van der Waals surface area contributed by atoms with Gasteiger partial charge in [-0.15, -0.1) is 11.3 Å². The Labute approximate surface area is 156 Å². The molecule has 0 aliphatic carbocycles. The maximum absolute atomic E-state index is 12.9. The van der Waals surface area contributed by atoms with Gasteiger partial charge in [-0.3, -0.25) is 9.48 Å². The number of rotatable bonds is 2. The first-order chi connectivity index (χ1) is 12.0. The molecule has 0 N–H and O–H groups in total. The van der Waals surface area contributed by atoms with E-state index in [0.29, 0.717) is 10.9 Å². The Hall–Kier alpha value is -1.85. The van der Waals surface area contributed by atoms with Crippen LogP contribution in [0, 0.1) is 5.92 Å². The largest absolute Gasteiger partial charge is 0.338 e. The van der Waals surface area contributed by atoms with Gasteiger partial charge in [0.15, 0.2) is 0 Å². The van der Waals surface area contributed by atoms with E-state index < -0.39 is 0 Å². The van der Waals surface area contributed by atoms with Crippen molar-refractivity contribution in [3.8, 4) is 11.3 Å². The summed E-state index contributed by atoms with van der Waals surface area (Å²) in [7, 11) is 1.93. The van der Waals surface area contributed by atoms with Crippen molar-refractivity contribution in [2.24, 2.45) is 13.0 Å². The molecule has 1 aromatic carbocycles. The SMILES string of the molecule is CC1CCN(C(=O)c2cc3c(-c4ccc(Cl)cc4)nn(C)c3s2)CC1. The fraction of sp³-hybridized carbons (Fsp3) is 0.368. The Morgan fingerprint density at radius 1 is 1.24 bits per heavy atom. The number of likely N-dealkylation sites (tertiary alicyclic amines) is 1. The number of benzene rings is 1. The van der Waals surface area contributed by atoms with Gasteiger partial charge in [-0.25, -0.2) is 0 Å². The molecule has 1 aliphatic heterocycles. The van der Waals surface area contributed by atoms with Crippen molar-refractivity contribution >= 4 is 39.1 Å². The van der Waals surface area contributed by atoms with E-state index in [9.17, 15) is 4.79 Å². The molecule has 0 spiro atoms. The molecule has 0 saturated carbocycles. The average molecular weight is 374 g/mol. The molecule has 4 nitrogen and oxygen atoms in total. The molecule has 130 valence electrons. The zero-order chi connectivity index (χ0) is 17.6. The van der Waals surface area contributed by atoms with Gasteiger partial charge in [0.25, 0.3) is 5.91 Å². The van der Waals surface area contributed by atoms with E-state index >= 15 is 0 Å². The first-order valence-corrected chi connectivity index (χ1v) is 9.74. The summed E-state index contributed by atoms with van der Waals surface area (Å²) in [5, 5.41) is 6.37. The van der Waals surface area contributed by atoms with E-state index in [1.54, 1.807) is 0 Å². The van der Waals surface area contributed by atoms with Gasteiger partial charge < -0.3 is 4.90 Å². The van der Waals surface area contributed by atoms with Crippen molar-refractivity contribution in [3.63, 3.8) is 0 Å². The van der Waals surface area contributed by atoms with Crippen LogP contribution in [0.15, 0.2) is 30.3 Å². The number of aryl methyl sites for hydroxylation is 1. The number of fused-ring (bicyclic) bond motifs is 1. The van der Waals surface area contributed by atoms with E-state index in [1.165, 1.54) is 11.3 Å². The molecule has 1 saturated heterocycles. The van der Waals surface area contributed by atoms with Crippen LogP contribution in [0.3, 0.4) is 0 Å². The molecule has 0 unspecified atom stereocenters. The van der Waals surface area contributed by atoms with Crippen LogP contribution in [0.25, 0.3) is 21.5 Å². The van der Waals surface area contributed by atoms with Gasteiger partial charge in [0.2, 0.25) is 0 Å². The monoisotopic (exact) mass is 373 g/mol. The zero-order valence-electron chi connectivity index (χ0n) is 14.3. The van der Waals surface area contributed by atoms with Crippen LogP contribution in [0.2, 0.25) is 5.02 Å². The summed E-state index contributed by atoms with van der Waals surface area (Å²) in [6, 6.07) is 9.66. The topological polar surface area (TPSA) is 38.1 Å². The van der Waals surface area contributed by atoms with Gasteiger partial charge >= 0.3 is 0 Å². The summed E-state index contributed by atoms with van der Waals surface area (Å²) in [5.41, 5.74) is 1.91. The molecule has 3 heterocycles. The van der Waals surface area contributed by atoms with E-state index in [1.807, 2.05) is 47.0 Å². The second-order valence-corrected chi connectivity index (χ2v) is 8.25. The quantitative estimate of drug-likeness (QED) is 0.645. The maximum atomic E-state index is 12.9. The fourth-order valence-corrected chi connectivity index (χ4v) is 4.50. The maximum Gasteiger partial charge on any atom is 0.264 e. The van der Waals surface area contributed by atoms with Crippen molar-refractivity contribution in [1.82, 2.24) is 14.7 Å². The second-order valence-electron chi connectivity index (χ2n) is 6.78. The molecule has 1 amide bonds. The molecule has 0 bridgehead atoms. The third-order valence-corrected chi connectivity index (χ3v) is 6.35. The Bertz CT molecular complexity index is 920. The first kappa shape index (κ1) is 16.6. The van der Waals surface area contributed by atoms with Crippen LogP contribution in [0.4, 0.5) is 0 Å². The van der Waals surface area contributed by atoms with Gasteiger partial charge in [0.05, 0.1) is 4.88 Å². The minimum absolute atomic E-state index is 0.148. The van der Waals surface area contributed by atoms with Crippen LogP contribution in [0.1, 0.15) is 29.4 Å². The molecule has 25 heavy (non-hydrogen) atoms. The molecule has 0 atom stereocenters. The third-order valence-electron chi connectivity index (χ3n) is 4.91. The van der Waals surface area contributed by atoms with Crippen LogP contribution >= 0.6 is 22.9 Å². The molecular formula is C19H20ClN3OS. The number of carbonyl (C=O) groups excluding carboxylic acids is 1. The smallest absolute Gasteiger partial charge is 0.264 e. The zero-order valence-corrected chi connectivity index (χ0v) is 15.9. The predicted molar refractivity (Wildman–Crippen MR) is 103 cm³/mol. The number of piperidine rings is 1. The molecule has 1 fully saturated rings. The third kappa shape index (κ3) is 3.07. The molecule has 2 aromatic heterocycles. The number of hydrogen-bond donors (Lipinski definition) is 0. The van der Waals surface area contributed by atoms with Crippen molar-refractivity contribution in [2.45, 2.75) is 19.8 Å². The van der Waals surface area contributed by atoms with Crippen LogP contribution in [-0.2, 0) is 7.05 Å². The Kier molecular flexibility index (Phi) is 4.29. The highest BCUT2D eigenvalue weighted by Gasteiger charge is 2.24. The van der Waals surface area contributed by atoms with Gasteiger partial charge in [-0.1, -0.05) is 30.7 Å². The minimum atomic E-state index is 0.148. The van der Waals surface area contributed by atoms with Gasteiger partial charge in [0.1, 0.15) is 10.5 Å². The van der Waals surface area contributed by atoms with Crippen LogP contribution < -0.4 is 0 Å². The number of hydrogen-bond acceptors (Lipinski definition) is 3. The molecule has 6 heteroatoms. The molecule has 3 aromatic rings. The van der Waals surface area contributed by atoms with Gasteiger partial charge in [-0.2, -0.15) is 5.10 Å². The van der Waals surface area contributed by atoms with E-state index in [4.69, 9.17) is 11.6 Å². The van der Waals surface area contributed by atoms with Crippen LogP contribution in [-0.4, -0.2) is 33.7 Å². The van der Waals surface area contributed by atoms with E-state index in [2.05, 4.69) is 12.0 Å². The highest BCUT2D eigenvalue weighted by molar-refractivity contribution is 7.20. The number of halogens is 1. The molecule has 1 aliphatic rings. The Balaban J connectivity index is 1.69. The lowest BCUT2D eigenvalue weighted by Crippen LogP contribution is -2.37. The van der Waals surface area contributed by atoms with Gasteiger partial charge in [0, 0.05) is 36.1 Å². The first-order valence-electron chi connectivity index (χ1n) is 8.54. The number of aromatic nitrogens is 2. The van der Waals surface area contributed by atoms with Crippen molar-refractivity contribution in [2.75, 3.05) is 13.1 Å². The summed E-state index contributed by atoms with van der Waals surface area (Å²) >= 11 is 7.52. The summed E-state index contributed by atoms with van der Waals surface area (Å²) in [6.07, 6.45) is 2.18. The summed E-state index contributed by atoms with van der Waals surface area (Å²) in [5.74, 6) is 0.863. The number of thiophene rings is 1. The second kappa shape index (κ2) is 6.46. The minimum Gasteiger partial charge on any atom is -0.338 e. The van der Waals surface area contributed by atoms with Crippen molar-refractivity contribution in [1.29, 1.82) is 0 Å². The lowest BCUT2D eigenvalue weighted by molar-refractivity contribution is 0.0702. The number of nitrogens with zero attached hydrogens (tertiary/aromatic N) is 3. The number of carbonyl (C=O) groups is 1. The highest BCUT2D eigenvalue weighted by atomic mass is 35.5. The summed E-state index contributed by atoms with van der Waals surface area (Å²) < 4.78 is 1.86. The Morgan fingerprint density at radius 3 is 2.60 bits per heavy atom. The van der Waals surface area contributed by atoms with Crippen molar-refractivity contribution in [3.05, 3.63) is 40.2 Å². The number of amides is 1. The molecule has 0 radical (unpaired) electrons. The van der Waals surface area contributed by atoms with Gasteiger partial charge in [-0.05, 0) is 37.0 Å². The van der Waals surface area contributed by atoms with E-state index in [0.717, 1.165) is 52.3 Å². The normalized spacial score (nSPS) is 15.9. The predicted octanol–water partition coefficient (Wildman–Crippen LogP) is 4.83. The lowest BCUT2D eigenvalue weighted by atomic mass is 9.99. The fourth-order valence-electron chi connectivity index (χ4n) is 3.33. The summed E-state index contributed by atoms with van der Waals surface area (Å²) in [6.45, 7) is 3.97. The van der Waals surface area contributed by atoms with E-state index in [-0.39, 0.29) is 5.91 Å². The highest BCUT2D eigenvalue weighted by Crippen LogP contribution is 2.35. The lowest BCUT2D eigenvalue weighted by Gasteiger charge is -2.29. The molecule has 4 rings (SSSR count).